The van der Waals surface area contributed by atoms with Crippen molar-refractivity contribution >= 4 is 70.5 Å². The van der Waals surface area contributed by atoms with Gasteiger partial charge in [0.05, 0.1) is 5.69 Å². The maximum Gasteiger partial charge on any atom is 0.137 e. The first-order valence-corrected chi connectivity index (χ1v) is 22.0. The molecule has 7 aromatic carbocycles. The molecular formula is C56H51NOS. The Balaban J connectivity index is 1.19. The highest BCUT2D eigenvalue weighted by Gasteiger charge is 2.41. The Kier molecular flexibility index (Phi) is 7.40. The number of nitrogens with zero attached hydrogens (tertiary/aromatic N) is 1. The van der Waals surface area contributed by atoms with E-state index in [1.807, 2.05) is 11.3 Å². The van der Waals surface area contributed by atoms with E-state index in [4.69, 9.17) is 4.42 Å². The third-order valence-electron chi connectivity index (χ3n) is 13.7. The first-order valence-electron chi connectivity index (χ1n) is 21.2. The zero-order valence-electron chi connectivity index (χ0n) is 35.9. The van der Waals surface area contributed by atoms with Crippen LogP contribution in [-0.4, -0.2) is 0 Å². The second-order valence-electron chi connectivity index (χ2n) is 20.2. The zero-order valence-corrected chi connectivity index (χ0v) is 36.7. The van der Waals surface area contributed by atoms with Crippen molar-refractivity contribution < 1.29 is 4.42 Å². The predicted octanol–water partition coefficient (Wildman–Crippen LogP) is 16.6. The third kappa shape index (κ3) is 5.10. The Morgan fingerprint density at radius 3 is 2.00 bits per heavy atom. The van der Waals surface area contributed by atoms with Gasteiger partial charge in [-0.2, -0.15) is 0 Å². The van der Waals surface area contributed by atoms with E-state index in [9.17, 15) is 0 Å². The SMILES string of the molecule is CC(C)(C)c1cc(C(C)(C)C)c2sc3ccc4c(c3c2c1)C(C)(C)c1cccc(N(c2ccc3c(c2)C(C)(C)c2ccccc2-3)c2ccc3c(c2)oc2ccccc23)c1-4. The number of fused-ring (bicyclic) bond motifs is 13. The Bertz CT molecular complexity index is 3240. The van der Waals surface area contributed by atoms with Crippen molar-refractivity contribution in [1.82, 2.24) is 0 Å². The summed E-state index contributed by atoms with van der Waals surface area (Å²) < 4.78 is 9.35. The standard InChI is InChI=1S/C56H51NOS/c1-53(2,3)32-28-40-50-48(59-52(40)44(29-32)54(4,5)6)27-26-39-49-42(56(9,10)51(39)50)19-15-20-45(49)57(34-23-25-38-37-17-12-14-21-46(37)58-47(38)31-34)33-22-24-36-35-16-11-13-18-41(35)55(7,8)43(36)30-33/h11-31H,1-10H3. The minimum Gasteiger partial charge on any atom is -0.456 e. The van der Waals surface area contributed by atoms with E-state index < -0.39 is 0 Å². The summed E-state index contributed by atoms with van der Waals surface area (Å²) in [6, 6.07) is 48.1. The van der Waals surface area contributed by atoms with Gasteiger partial charge in [0.2, 0.25) is 0 Å². The van der Waals surface area contributed by atoms with Gasteiger partial charge >= 0.3 is 0 Å². The third-order valence-corrected chi connectivity index (χ3v) is 14.9. The van der Waals surface area contributed by atoms with Crippen LogP contribution in [0.5, 0.6) is 0 Å². The first kappa shape index (κ1) is 36.4. The summed E-state index contributed by atoms with van der Waals surface area (Å²) >= 11 is 1.97. The summed E-state index contributed by atoms with van der Waals surface area (Å²) in [6.45, 7) is 23.8. The molecule has 2 aliphatic rings. The maximum absolute atomic E-state index is 6.57. The molecule has 0 atom stereocenters. The van der Waals surface area contributed by atoms with Crippen molar-refractivity contribution in [2.24, 2.45) is 0 Å². The molecule has 3 heteroatoms. The molecule has 2 aliphatic carbocycles. The monoisotopic (exact) mass is 785 g/mol. The molecule has 0 spiro atoms. The molecule has 11 rings (SSSR count). The molecule has 2 aromatic heterocycles. The molecule has 292 valence electrons. The Hall–Kier alpha value is -5.64. The Morgan fingerprint density at radius 1 is 0.525 bits per heavy atom. The molecular weight excluding hydrogens is 735 g/mol. The molecule has 59 heavy (non-hydrogen) atoms. The van der Waals surface area contributed by atoms with Gasteiger partial charge in [-0.15, -0.1) is 11.3 Å². The van der Waals surface area contributed by atoms with E-state index in [-0.39, 0.29) is 21.7 Å². The summed E-state index contributed by atoms with van der Waals surface area (Å²) in [5.41, 5.74) is 18.6. The van der Waals surface area contributed by atoms with Crippen LogP contribution in [0.2, 0.25) is 0 Å². The molecule has 0 radical (unpaired) electrons. The quantitative estimate of drug-likeness (QED) is 0.177. The highest BCUT2D eigenvalue weighted by Crippen LogP contribution is 2.59. The van der Waals surface area contributed by atoms with Crippen LogP contribution in [0.1, 0.15) is 103 Å². The second-order valence-corrected chi connectivity index (χ2v) is 21.3. The second kappa shape index (κ2) is 12.0. The molecule has 0 amide bonds. The molecule has 0 bridgehead atoms. The largest absolute Gasteiger partial charge is 0.456 e. The highest BCUT2D eigenvalue weighted by molar-refractivity contribution is 7.26. The first-order chi connectivity index (χ1) is 28.0. The van der Waals surface area contributed by atoms with Crippen LogP contribution in [0, 0.1) is 0 Å². The number of anilines is 3. The van der Waals surface area contributed by atoms with Gasteiger partial charge in [0.1, 0.15) is 11.2 Å². The van der Waals surface area contributed by atoms with Crippen molar-refractivity contribution in [3.63, 3.8) is 0 Å². The van der Waals surface area contributed by atoms with Gasteiger partial charge in [-0.3, -0.25) is 0 Å². The predicted molar refractivity (Wildman–Crippen MR) is 254 cm³/mol. The zero-order chi connectivity index (χ0) is 41.0. The van der Waals surface area contributed by atoms with Crippen LogP contribution >= 0.6 is 11.3 Å². The minimum absolute atomic E-state index is 0.0163. The van der Waals surface area contributed by atoms with Gasteiger partial charge in [-0.25, -0.2) is 0 Å². The van der Waals surface area contributed by atoms with E-state index in [1.54, 1.807) is 0 Å². The molecule has 0 aliphatic heterocycles. The van der Waals surface area contributed by atoms with Crippen LogP contribution in [0.25, 0.3) is 64.4 Å². The number of rotatable bonds is 3. The van der Waals surface area contributed by atoms with E-state index in [1.165, 1.54) is 81.5 Å². The number of benzene rings is 7. The van der Waals surface area contributed by atoms with Crippen molar-refractivity contribution in [3.8, 4) is 22.3 Å². The van der Waals surface area contributed by atoms with Crippen molar-refractivity contribution in [2.75, 3.05) is 4.90 Å². The number of para-hydroxylation sites is 1. The van der Waals surface area contributed by atoms with E-state index in [0.29, 0.717) is 0 Å². The molecule has 2 nitrogen and oxygen atoms in total. The Labute approximate surface area is 352 Å². The fourth-order valence-electron chi connectivity index (χ4n) is 10.6. The van der Waals surface area contributed by atoms with E-state index >= 15 is 0 Å². The fraction of sp³-hybridized carbons (Fsp3) is 0.250. The van der Waals surface area contributed by atoms with Crippen LogP contribution < -0.4 is 4.90 Å². The van der Waals surface area contributed by atoms with Gasteiger partial charge in [0.25, 0.3) is 0 Å². The number of furan rings is 1. The van der Waals surface area contributed by atoms with Crippen molar-refractivity contribution in [1.29, 1.82) is 0 Å². The lowest BCUT2D eigenvalue weighted by Gasteiger charge is -2.30. The highest BCUT2D eigenvalue weighted by atomic mass is 32.1. The lowest BCUT2D eigenvalue weighted by molar-refractivity contribution is 0.573. The number of thiophene rings is 1. The molecule has 0 unspecified atom stereocenters. The van der Waals surface area contributed by atoms with Gasteiger partial charge in [-0.05, 0) is 109 Å². The summed E-state index contributed by atoms with van der Waals surface area (Å²) in [6.07, 6.45) is 0. The van der Waals surface area contributed by atoms with Gasteiger partial charge in [0, 0.05) is 64.8 Å². The fourth-order valence-corrected chi connectivity index (χ4v) is 12.0. The molecule has 9 aromatic rings. The lowest BCUT2D eigenvalue weighted by Crippen LogP contribution is -2.18. The lowest BCUT2D eigenvalue weighted by atomic mass is 9.78. The van der Waals surface area contributed by atoms with E-state index in [2.05, 4.69) is 202 Å². The van der Waals surface area contributed by atoms with E-state index in [0.717, 1.165) is 33.3 Å². The smallest absolute Gasteiger partial charge is 0.137 e. The topological polar surface area (TPSA) is 16.4 Å². The summed E-state index contributed by atoms with van der Waals surface area (Å²) in [5.74, 6) is 0. The summed E-state index contributed by atoms with van der Waals surface area (Å²) in [5, 5.41) is 5.09. The molecule has 0 saturated carbocycles. The molecule has 2 heterocycles. The van der Waals surface area contributed by atoms with Crippen LogP contribution in [0.15, 0.2) is 132 Å². The average molecular weight is 786 g/mol. The molecule has 0 N–H and O–H groups in total. The molecule has 0 saturated heterocycles. The van der Waals surface area contributed by atoms with Gasteiger partial charge in [0.15, 0.2) is 0 Å². The number of hydrogen-bond donors (Lipinski definition) is 0. The van der Waals surface area contributed by atoms with Gasteiger partial charge < -0.3 is 9.32 Å². The van der Waals surface area contributed by atoms with Crippen LogP contribution in [0.3, 0.4) is 0 Å². The van der Waals surface area contributed by atoms with Crippen LogP contribution in [-0.2, 0) is 21.7 Å². The maximum atomic E-state index is 6.57. The summed E-state index contributed by atoms with van der Waals surface area (Å²) in [7, 11) is 0. The van der Waals surface area contributed by atoms with Gasteiger partial charge in [-0.1, -0.05) is 142 Å². The normalized spacial score (nSPS) is 15.2. The minimum atomic E-state index is -0.232. The molecule has 0 fully saturated rings. The number of hydrogen-bond acceptors (Lipinski definition) is 3. The van der Waals surface area contributed by atoms with Crippen LogP contribution in [0.4, 0.5) is 17.1 Å². The Morgan fingerprint density at radius 2 is 1.20 bits per heavy atom. The van der Waals surface area contributed by atoms with Crippen molar-refractivity contribution in [2.45, 2.75) is 90.9 Å². The average Bonchev–Trinajstić information content (AvgIpc) is 3.89. The summed E-state index contributed by atoms with van der Waals surface area (Å²) in [4.78, 5) is 2.50. The van der Waals surface area contributed by atoms with Crippen molar-refractivity contribution in [3.05, 3.63) is 161 Å².